The van der Waals surface area contributed by atoms with Crippen LogP contribution >= 0.6 is 0 Å². The van der Waals surface area contributed by atoms with Gasteiger partial charge in [-0.25, -0.2) is 0 Å². The van der Waals surface area contributed by atoms with Crippen molar-refractivity contribution in [1.82, 2.24) is 24.6 Å². The van der Waals surface area contributed by atoms with Crippen molar-refractivity contribution in [3.63, 3.8) is 0 Å². The van der Waals surface area contributed by atoms with Crippen LogP contribution in [0.25, 0.3) is 11.0 Å². The van der Waals surface area contributed by atoms with Gasteiger partial charge in [0.05, 0.1) is 24.8 Å². The van der Waals surface area contributed by atoms with Gasteiger partial charge in [0.15, 0.2) is 5.65 Å². The molecule has 0 aromatic carbocycles. The van der Waals surface area contributed by atoms with E-state index in [2.05, 4.69) is 25.3 Å². The first-order chi connectivity index (χ1) is 10.2. The summed E-state index contributed by atoms with van der Waals surface area (Å²) >= 11 is 0. The molecule has 0 spiro atoms. The maximum atomic E-state index is 5.92. The molecule has 8 heteroatoms. The second-order valence-electron chi connectivity index (χ2n) is 5.17. The maximum absolute atomic E-state index is 5.92. The highest BCUT2D eigenvalue weighted by atomic mass is 16.5. The van der Waals surface area contributed by atoms with E-state index in [1.807, 2.05) is 7.05 Å². The molecule has 2 aromatic rings. The summed E-state index contributed by atoms with van der Waals surface area (Å²) in [5, 5.41) is 8.16. The molecule has 3 N–H and O–H groups in total. The summed E-state index contributed by atoms with van der Waals surface area (Å²) in [6, 6.07) is 0. The summed E-state index contributed by atoms with van der Waals surface area (Å²) in [6.07, 6.45) is 2.72. The number of aryl methyl sites for hydroxylation is 1. The fraction of sp³-hybridized carbons (Fsp3) is 0.615. The maximum Gasteiger partial charge on any atom is 0.226 e. The molecule has 2 aromatic heterocycles. The lowest BCUT2D eigenvalue weighted by Crippen LogP contribution is -2.37. The number of anilines is 2. The van der Waals surface area contributed by atoms with E-state index in [9.17, 15) is 0 Å². The second-order valence-corrected chi connectivity index (χ2v) is 5.17. The van der Waals surface area contributed by atoms with Crippen molar-refractivity contribution in [3.8, 4) is 0 Å². The minimum Gasteiger partial charge on any atom is -0.383 e. The molecule has 1 aliphatic heterocycles. The Morgan fingerprint density at radius 1 is 1.33 bits per heavy atom. The van der Waals surface area contributed by atoms with E-state index in [0.29, 0.717) is 11.8 Å². The monoisotopic (exact) mass is 291 g/mol. The molecular weight excluding hydrogens is 270 g/mol. The largest absolute Gasteiger partial charge is 0.383 e. The minimum absolute atomic E-state index is 0.462. The normalized spacial score (nSPS) is 16.4. The number of nitrogens with one attached hydrogen (secondary N) is 1. The SMILES string of the molecule is Cn1ncc2c(N)nc(NCCCN3CCOCC3)nc21. The standard InChI is InChI=1S/C13H21N7O/c1-19-12-10(9-16-19)11(14)17-13(18-12)15-3-2-4-20-5-7-21-8-6-20/h9H,2-8H2,1H3,(H3,14,15,17,18). The number of hydrogen-bond acceptors (Lipinski definition) is 7. The predicted molar refractivity (Wildman–Crippen MR) is 81.1 cm³/mol. The van der Waals surface area contributed by atoms with Crippen molar-refractivity contribution in [1.29, 1.82) is 0 Å². The van der Waals surface area contributed by atoms with Crippen molar-refractivity contribution in [2.45, 2.75) is 6.42 Å². The Hall–Kier alpha value is -1.93. The molecule has 0 atom stereocenters. The molecule has 0 aliphatic carbocycles. The van der Waals surface area contributed by atoms with Gasteiger partial charge in [-0.2, -0.15) is 15.1 Å². The molecule has 21 heavy (non-hydrogen) atoms. The Labute approximate surface area is 123 Å². The van der Waals surface area contributed by atoms with Gasteiger partial charge in [-0.05, 0) is 13.0 Å². The van der Waals surface area contributed by atoms with E-state index in [1.165, 1.54) is 0 Å². The molecule has 3 rings (SSSR count). The Kier molecular flexibility index (Phi) is 4.16. The lowest BCUT2D eigenvalue weighted by atomic mass is 10.3. The van der Waals surface area contributed by atoms with E-state index < -0.39 is 0 Å². The lowest BCUT2D eigenvalue weighted by Gasteiger charge is -2.26. The number of rotatable bonds is 5. The third kappa shape index (κ3) is 3.22. The van der Waals surface area contributed by atoms with Crippen LogP contribution in [0.4, 0.5) is 11.8 Å². The zero-order valence-electron chi connectivity index (χ0n) is 12.2. The molecule has 0 bridgehead atoms. The average molecular weight is 291 g/mol. The van der Waals surface area contributed by atoms with Crippen LogP contribution in [0.3, 0.4) is 0 Å². The summed E-state index contributed by atoms with van der Waals surface area (Å²) in [5.74, 6) is 1.02. The van der Waals surface area contributed by atoms with Gasteiger partial charge >= 0.3 is 0 Å². The van der Waals surface area contributed by atoms with Crippen LogP contribution in [0.15, 0.2) is 6.20 Å². The molecule has 1 saturated heterocycles. The van der Waals surface area contributed by atoms with Crippen molar-refractivity contribution in [2.75, 3.05) is 50.4 Å². The van der Waals surface area contributed by atoms with Gasteiger partial charge in [0.2, 0.25) is 5.95 Å². The molecule has 1 aliphatic rings. The van der Waals surface area contributed by atoms with Crippen LogP contribution < -0.4 is 11.1 Å². The molecule has 114 valence electrons. The molecular formula is C13H21N7O. The first kappa shape index (κ1) is 14.0. The molecule has 3 heterocycles. The summed E-state index contributed by atoms with van der Waals surface area (Å²) in [4.78, 5) is 11.1. The summed E-state index contributed by atoms with van der Waals surface area (Å²) in [6.45, 7) is 5.59. The Morgan fingerprint density at radius 3 is 2.95 bits per heavy atom. The van der Waals surface area contributed by atoms with Crippen LogP contribution in [-0.4, -0.2) is 64.0 Å². The van der Waals surface area contributed by atoms with Crippen molar-refractivity contribution in [2.24, 2.45) is 7.05 Å². The fourth-order valence-corrected chi connectivity index (χ4v) is 2.45. The first-order valence-corrected chi connectivity index (χ1v) is 7.23. The van der Waals surface area contributed by atoms with Crippen LogP contribution in [-0.2, 0) is 11.8 Å². The van der Waals surface area contributed by atoms with Crippen molar-refractivity contribution >= 4 is 22.8 Å². The second kappa shape index (κ2) is 6.23. The number of nitrogen functional groups attached to an aromatic ring is 1. The molecule has 0 radical (unpaired) electrons. The van der Waals surface area contributed by atoms with Gasteiger partial charge < -0.3 is 15.8 Å². The minimum atomic E-state index is 0.462. The smallest absolute Gasteiger partial charge is 0.226 e. The van der Waals surface area contributed by atoms with Gasteiger partial charge in [0.25, 0.3) is 0 Å². The number of aromatic nitrogens is 4. The number of hydrogen-bond donors (Lipinski definition) is 2. The fourth-order valence-electron chi connectivity index (χ4n) is 2.45. The van der Waals surface area contributed by atoms with E-state index in [-0.39, 0.29) is 0 Å². The van der Waals surface area contributed by atoms with E-state index in [4.69, 9.17) is 10.5 Å². The molecule has 0 unspecified atom stereocenters. The highest BCUT2D eigenvalue weighted by Crippen LogP contribution is 2.18. The van der Waals surface area contributed by atoms with E-state index in [1.54, 1.807) is 10.9 Å². The number of nitrogens with two attached hydrogens (primary N) is 1. The zero-order valence-corrected chi connectivity index (χ0v) is 12.2. The van der Waals surface area contributed by atoms with Gasteiger partial charge in [-0.15, -0.1) is 0 Å². The van der Waals surface area contributed by atoms with Crippen LogP contribution in [0.2, 0.25) is 0 Å². The Bertz CT molecular complexity index is 606. The third-order valence-electron chi connectivity index (χ3n) is 3.66. The summed E-state index contributed by atoms with van der Waals surface area (Å²) < 4.78 is 7.03. The summed E-state index contributed by atoms with van der Waals surface area (Å²) in [5.41, 5.74) is 6.67. The van der Waals surface area contributed by atoms with E-state index >= 15 is 0 Å². The first-order valence-electron chi connectivity index (χ1n) is 7.23. The number of ether oxygens (including phenoxy) is 1. The quantitative estimate of drug-likeness (QED) is 0.753. The van der Waals surface area contributed by atoms with E-state index in [0.717, 1.165) is 56.8 Å². The van der Waals surface area contributed by atoms with Crippen LogP contribution in [0.5, 0.6) is 0 Å². The predicted octanol–water partition coefficient (Wildman–Crippen LogP) is 0.0797. The van der Waals surface area contributed by atoms with Crippen molar-refractivity contribution in [3.05, 3.63) is 6.20 Å². The summed E-state index contributed by atoms with van der Waals surface area (Å²) in [7, 11) is 1.84. The molecule has 0 amide bonds. The van der Waals surface area contributed by atoms with Gasteiger partial charge in [-0.3, -0.25) is 9.58 Å². The average Bonchev–Trinajstić information content (AvgIpc) is 2.87. The number of fused-ring (bicyclic) bond motifs is 1. The third-order valence-corrected chi connectivity index (χ3v) is 3.66. The topological polar surface area (TPSA) is 94.1 Å². The molecule has 1 fully saturated rings. The molecule has 8 nitrogen and oxygen atoms in total. The van der Waals surface area contributed by atoms with Gasteiger partial charge in [-0.1, -0.05) is 0 Å². The van der Waals surface area contributed by atoms with Crippen LogP contribution in [0, 0.1) is 0 Å². The van der Waals surface area contributed by atoms with Gasteiger partial charge in [0.1, 0.15) is 5.82 Å². The Balaban J connectivity index is 1.54. The number of nitrogens with zero attached hydrogens (tertiary/aromatic N) is 5. The molecule has 0 saturated carbocycles. The van der Waals surface area contributed by atoms with Gasteiger partial charge in [0, 0.05) is 26.7 Å². The number of morpholine rings is 1. The van der Waals surface area contributed by atoms with Crippen molar-refractivity contribution < 1.29 is 4.74 Å². The zero-order chi connectivity index (χ0) is 14.7. The lowest BCUT2D eigenvalue weighted by molar-refractivity contribution is 0.0378. The highest BCUT2D eigenvalue weighted by molar-refractivity contribution is 5.86. The van der Waals surface area contributed by atoms with Crippen LogP contribution in [0.1, 0.15) is 6.42 Å². The highest BCUT2D eigenvalue weighted by Gasteiger charge is 2.10. The Morgan fingerprint density at radius 2 is 2.14 bits per heavy atom.